The van der Waals surface area contributed by atoms with E-state index < -0.39 is 0 Å². The van der Waals surface area contributed by atoms with Gasteiger partial charge in [-0.1, -0.05) is 31.2 Å². The Morgan fingerprint density at radius 2 is 1.62 bits per heavy atom. The van der Waals surface area contributed by atoms with Gasteiger partial charge < -0.3 is 14.2 Å². The van der Waals surface area contributed by atoms with Crippen LogP contribution in [0.1, 0.15) is 118 Å². The van der Waals surface area contributed by atoms with E-state index in [1.807, 2.05) is 30.3 Å². The van der Waals surface area contributed by atoms with Gasteiger partial charge in [0.2, 0.25) is 0 Å². The maximum absolute atomic E-state index is 13.1. The lowest BCUT2D eigenvalue weighted by Gasteiger charge is -2.59. The molecule has 0 unspecified atom stereocenters. The lowest BCUT2D eigenvalue weighted by atomic mass is 9.51. The first kappa shape index (κ1) is 33.9. The molecule has 9 rings (SSSR count). The number of benzene rings is 2. The molecular formula is C41H49NO7S. The van der Waals surface area contributed by atoms with Gasteiger partial charge in [0, 0.05) is 21.9 Å². The van der Waals surface area contributed by atoms with Gasteiger partial charge in [-0.2, -0.15) is 0 Å². The van der Waals surface area contributed by atoms with Crippen LogP contribution in [0.25, 0.3) is 0 Å². The molecule has 266 valence electrons. The zero-order valence-electron chi connectivity index (χ0n) is 29.1. The van der Waals surface area contributed by atoms with Crippen molar-refractivity contribution in [3.8, 4) is 5.75 Å². The molecule has 9 heteroatoms. The summed E-state index contributed by atoms with van der Waals surface area (Å²) in [5.74, 6) is 3.55. The lowest BCUT2D eigenvalue weighted by Crippen LogP contribution is -2.56. The van der Waals surface area contributed by atoms with Crippen LogP contribution in [0, 0.1) is 45.8 Å². The summed E-state index contributed by atoms with van der Waals surface area (Å²) in [7, 11) is 0. The topological polar surface area (TPSA) is 108 Å². The molecule has 7 aliphatic carbocycles. The number of aryl methyl sites for hydroxylation is 1. The molecule has 2 aromatic carbocycles. The van der Waals surface area contributed by atoms with Crippen LogP contribution in [0.15, 0.2) is 53.1 Å². The number of nitroso groups, excluding NO2 is 1. The Balaban J connectivity index is 0.818. The highest BCUT2D eigenvalue weighted by molar-refractivity contribution is 7.99. The fourth-order valence-electron chi connectivity index (χ4n) is 12.0. The van der Waals surface area contributed by atoms with Crippen molar-refractivity contribution >= 4 is 29.9 Å². The summed E-state index contributed by atoms with van der Waals surface area (Å²) >= 11 is 1.20. The van der Waals surface area contributed by atoms with Gasteiger partial charge in [-0.15, -0.1) is 4.91 Å². The molecule has 2 aromatic rings. The SMILES string of the molecule is C[C@]12CC[C@@H]3c4ccc(OC(=O)c5ccccc5)cc4CC[C@H]3[C@@H]1CC[C@@H]2OC(=O)CCC(=O)OCCC1(SN=O)C2CC3CC(C2)CC1C3. The molecule has 50 heavy (non-hydrogen) atoms. The lowest BCUT2D eigenvalue weighted by molar-refractivity contribution is -0.160. The van der Waals surface area contributed by atoms with Crippen molar-refractivity contribution in [2.75, 3.05) is 6.61 Å². The maximum atomic E-state index is 13.1. The molecule has 0 saturated heterocycles. The van der Waals surface area contributed by atoms with Crippen LogP contribution < -0.4 is 4.74 Å². The predicted molar refractivity (Wildman–Crippen MR) is 190 cm³/mol. The second kappa shape index (κ2) is 13.7. The predicted octanol–water partition coefficient (Wildman–Crippen LogP) is 9.00. The molecule has 0 aromatic heterocycles. The van der Waals surface area contributed by atoms with Gasteiger partial charge in [0.25, 0.3) is 0 Å². The third-order valence-corrected chi connectivity index (χ3v) is 15.4. The van der Waals surface area contributed by atoms with E-state index in [0.717, 1.165) is 50.4 Å². The second-order valence-electron chi connectivity index (χ2n) is 16.5. The number of ether oxygens (including phenoxy) is 3. The number of carbonyl (C=O) groups is 3. The Hall–Kier alpha value is -3.20. The molecule has 0 N–H and O–H groups in total. The quantitative estimate of drug-likeness (QED) is 0.0990. The maximum Gasteiger partial charge on any atom is 0.343 e. The van der Waals surface area contributed by atoms with Gasteiger partial charge in [0.05, 0.1) is 29.8 Å². The fraction of sp³-hybridized carbons (Fsp3) is 0.634. The van der Waals surface area contributed by atoms with Crippen molar-refractivity contribution in [3.63, 3.8) is 0 Å². The zero-order valence-corrected chi connectivity index (χ0v) is 29.9. The number of fused-ring (bicyclic) bond motifs is 5. The summed E-state index contributed by atoms with van der Waals surface area (Å²) in [6.45, 7) is 2.58. The monoisotopic (exact) mass is 699 g/mol. The number of rotatable bonds is 11. The van der Waals surface area contributed by atoms with Crippen molar-refractivity contribution in [3.05, 3.63) is 70.1 Å². The summed E-state index contributed by atoms with van der Waals surface area (Å²) in [5, 5.41) is 0. The molecule has 5 atom stereocenters. The third kappa shape index (κ3) is 6.19. The fourth-order valence-corrected chi connectivity index (χ4v) is 13.0. The van der Waals surface area contributed by atoms with Crippen LogP contribution >= 0.6 is 11.9 Å². The average molecular weight is 700 g/mol. The molecule has 6 fully saturated rings. The highest BCUT2D eigenvalue weighted by atomic mass is 32.2. The van der Waals surface area contributed by atoms with Crippen LogP contribution in [0.4, 0.5) is 0 Å². The molecule has 4 bridgehead atoms. The largest absolute Gasteiger partial charge is 0.466 e. The minimum absolute atomic E-state index is 0.0128. The van der Waals surface area contributed by atoms with Gasteiger partial charge >= 0.3 is 17.9 Å². The second-order valence-corrected chi connectivity index (χ2v) is 17.6. The summed E-state index contributed by atoms with van der Waals surface area (Å²) in [6, 6.07) is 15.2. The van der Waals surface area contributed by atoms with E-state index in [1.54, 1.807) is 12.1 Å². The van der Waals surface area contributed by atoms with Gasteiger partial charge in [0.15, 0.2) is 0 Å². The van der Waals surface area contributed by atoms with Crippen molar-refractivity contribution < 1.29 is 28.6 Å². The van der Waals surface area contributed by atoms with E-state index in [-0.39, 0.29) is 53.6 Å². The smallest absolute Gasteiger partial charge is 0.343 e. The number of esters is 3. The van der Waals surface area contributed by atoms with Crippen LogP contribution in [0.2, 0.25) is 0 Å². The summed E-state index contributed by atoms with van der Waals surface area (Å²) in [6.07, 6.45) is 12.5. The minimum atomic E-state index is -0.375. The molecular weight excluding hydrogens is 651 g/mol. The first-order valence-electron chi connectivity index (χ1n) is 19.0. The normalized spacial score (nSPS) is 36.1. The average Bonchev–Trinajstić information content (AvgIpc) is 3.45. The first-order chi connectivity index (χ1) is 24.3. The number of nitrogens with zero attached hydrogens (tertiary/aromatic N) is 1. The minimum Gasteiger partial charge on any atom is -0.466 e. The Morgan fingerprint density at radius 1 is 0.880 bits per heavy atom. The Morgan fingerprint density at radius 3 is 2.36 bits per heavy atom. The number of hydrogen-bond donors (Lipinski definition) is 0. The van der Waals surface area contributed by atoms with Gasteiger partial charge in [-0.25, -0.2) is 4.79 Å². The van der Waals surface area contributed by atoms with Crippen LogP contribution in [-0.2, 0) is 25.5 Å². The molecule has 0 radical (unpaired) electrons. The Bertz CT molecular complexity index is 1600. The van der Waals surface area contributed by atoms with Crippen molar-refractivity contribution in [1.29, 1.82) is 0 Å². The molecule has 6 saturated carbocycles. The third-order valence-electron chi connectivity index (χ3n) is 14.1. The highest BCUT2D eigenvalue weighted by Crippen LogP contribution is 2.64. The number of carbonyl (C=O) groups excluding carboxylic acids is 3. The van der Waals surface area contributed by atoms with E-state index in [0.29, 0.717) is 47.3 Å². The van der Waals surface area contributed by atoms with Crippen LogP contribution in [-0.4, -0.2) is 35.4 Å². The summed E-state index contributed by atoms with van der Waals surface area (Å²) in [4.78, 5) is 49.9. The van der Waals surface area contributed by atoms with Crippen LogP contribution in [0.3, 0.4) is 0 Å². The van der Waals surface area contributed by atoms with E-state index in [4.69, 9.17) is 14.2 Å². The molecule has 0 aliphatic heterocycles. The summed E-state index contributed by atoms with van der Waals surface area (Å²) in [5.41, 5.74) is 3.11. The van der Waals surface area contributed by atoms with E-state index in [2.05, 4.69) is 17.6 Å². The zero-order chi connectivity index (χ0) is 34.5. The van der Waals surface area contributed by atoms with E-state index in [1.165, 1.54) is 55.2 Å². The van der Waals surface area contributed by atoms with Gasteiger partial charge in [-0.3, -0.25) is 9.59 Å². The summed E-state index contributed by atoms with van der Waals surface area (Å²) < 4.78 is 20.6. The van der Waals surface area contributed by atoms with E-state index in [9.17, 15) is 19.3 Å². The molecule has 0 amide bonds. The van der Waals surface area contributed by atoms with Crippen LogP contribution in [0.5, 0.6) is 5.75 Å². The van der Waals surface area contributed by atoms with Gasteiger partial charge in [0.1, 0.15) is 11.9 Å². The molecule has 0 heterocycles. The van der Waals surface area contributed by atoms with E-state index >= 15 is 0 Å². The molecule has 8 nitrogen and oxygen atoms in total. The van der Waals surface area contributed by atoms with Crippen molar-refractivity contribution in [2.45, 2.75) is 114 Å². The Labute approximate surface area is 299 Å². The molecule has 0 spiro atoms. The van der Waals surface area contributed by atoms with Crippen molar-refractivity contribution in [2.24, 2.45) is 45.5 Å². The number of hydrogen-bond acceptors (Lipinski definition) is 9. The first-order valence-corrected chi connectivity index (χ1v) is 19.8. The highest BCUT2D eigenvalue weighted by Gasteiger charge is 2.58. The Kier molecular flexibility index (Phi) is 9.32. The van der Waals surface area contributed by atoms with Gasteiger partial charge in [-0.05, 0) is 154 Å². The standard InChI is InChI=1S/C41H49NO7S/c1-40-16-15-33-32-10-8-31(48-39(45)27-5-3-2-4-6-27)24-28(32)7-9-34(33)35(40)11-12-36(40)49-38(44)14-13-37(43)47-18-17-41(50-42-46)29-20-25-19-26(22-29)23-30(41)21-25/h2-6,8,10,24-26,29-30,33-36H,7,9,11-23H2,1H3/t25?,26?,29?,30?,33-,34-,35+,36+,40+,41?/m1/s1. The molecule has 7 aliphatic rings. The van der Waals surface area contributed by atoms with Crippen molar-refractivity contribution in [1.82, 2.24) is 0 Å².